The van der Waals surface area contributed by atoms with Crippen LogP contribution in [0, 0.1) is 5.92 Å². The Labute approximate surface area is 116 Å². The summed E-state index contributed by atoms with van der Waals surface area (Å²) in [5.74, 6) is 1.06. The summed E-state index contributed by atoms with van der Waals surface area (Å²) >= 11 is 0. The number of nitrogens with two attached hydrogens (primary N) is 1. The van der Waals surface area contributed by atoms with Crippen LogP contribution >= 0.6 is 0 Å². The number of benzene rings is 1. The largest absolute Gasteiger partial charge is 0.494 e. The van der Waals surface area contributed by atoms with Gasteiger partial charge in [-0.15, -0.1) is 0 Å². The van der Waals surface area contributed by atoms with Crippen LogP contribution in [0.5, 0.6) is 5.75 Å². The van der Waals surface area contributed by atoms with Crippen molar-refractivity contribution in [3.63, 3.8) is 0 Å². The molecule has 1 aromatic carbocycles. The van der Waals surface area contributed by atoms with Crippen molar-refractivity contribution in [1.29, 1.82) is 0 Å². The van der Waals surface area contributed by atoms with Gasteiger partial charge in [-0.2, -0.15) is 0 Å². The lowest BCUT2D eigenvalue weighted by molar-refractivity contribution is 0.200. The minimum Gasteiger partial charge on any atom is -0.494 e. The lowest BCUT2D eigenvalue weighted by Crippen LogP contribution is -2.39. The molecule has 4 nitrogen and oxygen atoms in total. The first-order valence-electron chi connectivity index (χ1n) is 6.92. The van der Waals surface area contributed by atoms with E-state index in [1.54, 1.807) is 0 Å². The average Bonchev–Trinajstić information content (AvgIpc) is 2.44. The molecule has 1 aromatic rings. The van der Waals surface area contributed by atoms with Crippen LogP contribution in [0.3, 0.4) is 0 Å². The maximum atomic E-state index is 9.20. The first-order valence-corrected chi connectivity index (χ1v) is 6.92. The third kappa shape index (κ3) is 4.49. The smallest absolute Gasteiger partial charge is 0.124 e. The Morgan fingerprint density at radius 3 is 2.58 bits per heavy atom. The molecule has 3 atom stereocenters. The number of hydrogen-bond donors (Lipinski definition) is 3. The Morgan fingerprint density at radius 1 is 1.32 bits per heavy atom. The summed E-state index contributed by atoms with van der Waals surface area (Å²) in [5, 5.41) is 12.7. The second kappa shape index (κ2) is 8.15. The summed E-state index contributed by atoms with van der Waals surface area (Å²) in [6.45, 7) is 7.34. The summed E-state index contributed by atoms with van der Waals surface area (Å²) in [5.41, 5.74) is 6.95. The number of para-hydroxylation sites is 1. The fraction of sp³-hybridized carbons (Fsp3) is 0.600. The molecule has 0 aliphatic carbocycles. The van der Waals surface area contributed by atoms with Crippen LogP contribution in [0.2, 0.25) is 0 Å². The van der Waals surface area contributed by atoms with Crippen LogP contribution in [0.4, 0.5) is 0 Å². The summed E-state index contributed by atoms with van der Waals surface area (Å²) in [4.78, 5) is 0. The van der Waals surface area contributed by atoms with E-state index >= 15 is 0 Å². The Balaban J connectivity index is 2.84. The molecule has 0 aromatic heterocycles. The van der Waals surface area contributed by atoms with Crippen LogP contribution in [-0.2, 0) is 0 Å². The van der Waals surface area contributed by atoms with Crippen molar-refractivity contribution in [2.45, 2.75) is 32.9 Å². The van der Waals surface area contributed by atoms with Crippen molar-refractivity contribution in [1.82, 2.24) is 5.32 Å². The van der Waals surface area contributed by atoms with E-state index < -0.39 is 0 Å². The molecule has 0 fully saturated rings. The zero-order valence-electron chi connectivity index (χ0n) is 12.1. The summed E-state index contributed by atoms with van der Waals surface area (Å²) in [6, 6.07) is 8.17. The molecule has 0 saturated carbocycles. The van der Waals surface area contributed by atoms with Gasteiger partial charge in [-0.25, -0.2) is 0 Å². The average molecular weight is 266 g/mol. The molecule has 19 heavy (non-hydrogen) atoms. The third-order valence-corrected chi connectivity index (χ3v) is 3.44. The van der Waals surface area contributed by atoms with Crippen molar-refractivity contribution in [3.05, 3.63) is 29.8 Å². The zero-order chi connectivity index (χ0) is 14.3. The van der Waals surface area contributed by atoms with Crippen molar-refractivity contribution >= 4 is 0 Å². The fourth-order valence-electron chi connectivity index (χ4n) is 1.98. The highest BCUT2D eigenvalue weighted by atomic mass is 16.5. The van der Waals surface area contributed by atoms with Gasteiger partial charge in [-0.05, 0) is 25.8 Å². The molecule has 0 radical (unpaired) electrons. The third-order valence-electron chi connectivity index (χ3n) is 3.44. The van der Waals surface area contributed by atoms with Crippen LogP contribution in [0.15, 0.2) is 24.3 Å². The molecular weight excluding hydrogens is 240 g/mol. The maximum absolute atomic E-state index is 9.20. The molecule has 0 aliphatic heterocycles. The van der Waals surface area contributed by atoms with E-state index in [1.165, 1.54) is 0 Å². The van der Waals surface area contributed by atoms with Gasteiger partial charge in [0.05, 0.1) is 6.61 Å². The van der Waals surface area contributed by atoms with E-state index in [4.69, 9.17) is 10.5 Å². The minimum atomic E-state index is 0.0340. The highest BCUT2D eigenvalue weighted by Gasteiger charge is 2.19. The van der Waals surface area contributed by atoms with Crippen molar-refractivity contribution < 1.29 is 9.84 Å². The SMILES string of the molecule is CCOc1ccccc1C(CN)NC(C)C(C)CO. The number of nitrogens with one attached hydrogen (secondary N) is 1. The molecule has 3 unspecified atom stereocenters. The lowest BCUT2D eigenvalue weighted by Gasteiger charge is -2.27. The van der Waals surface area contributed by atoms with Gasteiger partial charge in [0.1, 0.15) is 5.75 Å². The van der Waals surface area contributed by atoms with Gasteiger partial charge in [0.15, 0.2) is 0 Å². The first-order chi connectivity index (χ1) is 9.13. The second-order valence-corrected chi connectivity index (χ2v) is 4.87. The number of aliphatic hydroxyl groups is 1. The van der Waals surface area contributed by atoms with Crippen molar-refractivity contribution in [3.8, 4) is 5.75 Å². The van der Waals surface area contributed by atoms with E-state index in [0.29, 0.717) is 13.2 Å². The predicted molar refractivity (Wildman–Crippen MR) is 78.3 cm³/mol. The molecule has 0 heterocycles. The minimum absolute atomic E-state index is 0.0340. The molecule has 4 heteroatoms. The normalized spacial score (nSPS) is 15.8. The number of aliphatic hydroxyl groups excluding tert-OH is 1. The van der Waals surface area contributed by atoms with Crippen LogP contribution in [0.25, 0.3) is 0 Å². The van der Waals surface area contributed by atoms with Crippen LogP contribution in [0.1, 0.15) is 32.4 Å². The Kier molecular flexibility index (Phi) is 6.84. The molecular formula is C15H26N2O2. The second-order valence-electron chi connectivity index (χ2n) is 4.87. The Bertz CT molecular complexity index is 371. The topological polar surface area (TPSA) is 67.5 Å². The number of rotatable bonds is 8. The molecule has 0 amide bonds. The van der Waals surface area contributed by atoms with Crippen LogP contribution < -0.4 is 15.8 Å². The highest BCUT2D eigenvalue weighted by Crippen LogP contribution is 2.25. The van der Waals surface area contributed by atoms with E-state index in [0.717, 1.165) is 11.3 Å². The van der Waals surface area contributed by atoms with Gasteiger partial charge in [0.2, 0.25) is 0 Å². The van der Waals surface area contributed by atoms with Crippen molar-refractivity contribution in [2.75, 3.05) is 19.8 Å². The first kappa shape index (κ1) is 16.0. The summed E-state index contributed by atoms with van der Waals surface area (Å²) < 4.78 is 5.64. The zero-order valence-corrected chi connectivity index (χ0v) is 12.1. The molecule has 108 valence electrons. The van der Waals surface area contributed by atoms with Crippen LogP contribution in [-0.4, -0.2) is 30.9 Å². The molecule has 0 aliphatic rings. The number of hydrogen-bond acceptors (Lipinski definition) is 4. The van der Waals surface area contributed by atoms with E-state index in [9.17, 15) is 5.11 Å². The highest BCUT2D eigenvalue weighted by molar-refractivity contribution is 5.36. The quantitative estimate of drug-likeness (QED) is 0.670. The standard InChI is InChI=1S/C15H26N2O2/c1-4-19-15-8-6-5-7-13(15)14(9-16)17-12(3)11(2)10-18/h5-8,11-12,14,17-18H,4,9-10,16H2,1-3H3. The van der Waals surface area contributed by atoms with Crippen molar-refractivity contribution in [2.24, 2.45) is 11.7 Å². The summed E-state index contributed by atoms with van der Waals surface area (Å²) in [6.07, 6.45) is 0. The van der Waals surface area contributed by atoms with Gasteiger partial charge in [-0.1, -0.05) is 25.1 Å². The predicted octanol–water partition coefficient (Wildman–Crippen LogP) is 1.69. The van der Waals surface area contributed by atoms with E-state index in [2.05, 4.69) is 12.2 Å². The van der Waals surface area contributed by atoms with E-state index in [1.807, 2.05) is 38.1 Å². The van der Waals surface area contributed by atoms with E-state index in [-0.39, 0.29) is 24.6 Å². The maximum Gasteiger partial charge on any atom is 0.124 e. The monoisotopic (exact) mass is 266 g/mol. The molecule has 4 N–H and O–H groups in total. The lowest BCUT2D eigenvalue weighted by atomic mass is 10.0. The molecule has 0 spiro atoms. The van der Waals surface area contributed by atoms with Gasteiger partial charge in [0.25, 0.3) is 0 Å². The molecule has 1 rings (SSSR count). The summed E-state index contributed by atoms with van der Waals surface area (Å²) in [7, 11) is 0. The number of ether oxygens (including phenoxy) is 1. The van der Waals surface area contributed by atoms with Gasteiger partial charge < -0.3 is 20.9 Å². The molecule has 0 bridgehead atoms. The molecule has 0 saturated heterocycles. The fourth-order valence-corrected chi connectivity index (χ4v) is 1.98. The van der Waals surface area contributed by atoms with Gasteiger partial charge in [-0.3, -0.25) is 0 Å². The van der Waals surface area contributed by atoms with Gasteiger partial charge in [0, 0.05) is 30.8 Å². The Hall–Kier alpha value is -1.10. The Morgan fingerprint density at radius 2 is 2.00 bits per heavy atom. The van der Waals surface area contributed by atoms with Gasteiger partial charge >= 0.3 is 0 Å².